The molecule has 0 bridgehead atoms. The highest BCUT2D eigenvalue weighted by Gasteiger charge is 2.36. The summed E-state index contributed by atoms with van der Waals surface area (Å²) >= 11 is 1.52. The first-order valence-corrected chi connectivity index (χ1v) is 13.8. The lowest BCUT2D eigenvalue weighted by Gasteiger charge is -2.34. The van der Waals surface area contributed by atoms with Crippen molar-refractivity contribution < 1.29 is 33.8 Å². The van der Waals surface area contributed by atoms with Crippen LogP contribution in [0.5, 0.6) is 5.75 Å². The lowest BCUT2D eigenvalue weighted by molar-refractivity contribution is -0.144. The van der Waals surface area contributed by atoms with Crippen LogP contribution in [-0.2, 0) is 23.9 Å². The van der Waals surface area contributed by atoms with Crippen LogP contribution in [0.2, 0.25) is 0 Å². The van der Waals surface area contributed by atoms with Gasteiger partial charge in [0.2, 0.25) is 11.8 Å². The van der Waals surface area contributed by atoms with Crippen LogP contribution < -0.4 is 10.6 Å². The lowest BCUT2D eigenvalue weighted by atomic mass is 10.0. The highest BCUT2D eigenvalue weighted by atomic mass is 32.2. The molecule has 0 aliphatic rings. The normalized spacial score (nSPS) is 12.7. The molecule has 0 radical (unpaired) electrons. The maximum atomic E-state index is 13.8. The number of amides is 3. The molecule has 0 fully saturated rings. The van der Waals surface area contributed by atoms with Crippen molar-refractivity contribution in [3.8, 4) is 5.75 Å². The molecule has 3 amide bonds. The van der Waals surface area contributed by atoms with E-state index in [0.29, 0.717) is 24.2 Å². The Bertz CT molecular complexity index is 904. The summed E-state index contributed by atoms with van der Waals surface area (Å²) in [5, 5.41) is 15.5. The van der Waals surface area contributed by atoms with Gasteiger partial charge in [-0.25, -0.2) is 4.79 Å². The number of esters is 1. The summed E-state index contributed by atoms with van der Waals surface area (Å²) in [4.78, 5) is 52.9. The van der Waals surface area contributed by atoms with E-state index in [2.05, 4.69) is 10.6 Å². The van der Waals surface area contributed by atoms with Crippen LogP contribution in [0.1, 0.15) is 65.5 Å². The maximum Gasteiger partial charge on any atom is 0.408 e. The van der Waals surface area contributed by atoms with Gasteiger partial charge in [-0.15, -0.1) is 0 Å². The van der Waals surface area contributed by atoms with Gasteiger partial charge < -0.3 is 30.1 Å². The molecule has 2 atom stereocenters. The molecule has 0 aliphatic carbocycles. The van der Waals surface area contributed by atoms with Gasteiger partial charge in [-0.3, -0.25) is 14.4 Å². The number of rotatable bonds is 14. The van der Waals surface area contributed by atoms with Gasteiger partial charge in [-0.2, -0.15) is 11.8 Å². The van der Waals surface area contributed by atoms with Crippen molar-refractivity contribution in [3.05, 3.63) is 29.8 Å². The molecular weight excluding hydrogens is 498 g/mol. The second kappa shape index (κ2) is 16.0. The van der Waals surface area contributed by atoms with Gasteiger partial charge in [0.15, 0.2) is 0 Å². The van der Waals surface area contributed by atoms with Gasteiger partial charge >= 0.3 is 12.1 Å². The van der Waals surface area contributed by atoms with Gasteiger partial charge in [-0.1, -0.05) is 19.1 Å². The molecule has 1 rings (SSSR count). The van der Waals surface area contributed by atoms with Crippen LogP contribution in [0.25, 0.3) is 0 Å². The van der Waals surface area contributed by atoms with Crippen LogP contribution in [0.4, 0.5) is 4.79 Å². The average molecular weight is 540 g/mol. The van der Waals surface area contributed by atoms with E-state index >= 15 is 0 Å². The predicted molar refractivity (Wildman–Crippen MR) is 143 cm³/mol. The number of phenolic OH excluding ortho intramolecular Hbond substituents is 1. The number of hydrogen-bond donors (Lipinski definition) is 3. The molecule has 0 aliphatic heterocycles. The number of thioether (sulfide) groups is 1. The van der Waals surface area contributed by atoms with Gasteiger partial charge in [0.25, 0.3) is 0 Å². The Hall–Kier alpha value is -2.95. The van der Waals surface area contributed by atoms with E-state index in [0.717, 1.165) is 0 Å². The molecule has 3 N–H and O–H groups in total. The largest absolute Gasteiger partial charge is 0.508 e. The van der Waals surface area contributed by atoms with Crippen LogP contribution >= 0.6 is 11.8 Å². The van der Waals surface area contributed by atoms with E-state index in [1.54, 1.807) is 39.8 Å². The van der Waals surface area contributed by atoms with Crippen molar-refractivity contribution in [1.82, 2.24) is 15.5 Å². The zero-order valence-electron chi connectivity index (χ0n) is 22.7. The summed E-state index contributed by atoms with van der Waals surface area (Å²) in [7, 11) is 0. The third-order valence-corrected chi connectivity index (χ3v) is 5.67. The molecule has 1 aromatic carbocycles. The molecule has 208 valence electrons. The van der Waals surface area contributed by atoms with E-state index in [1.165, 1.54) is 28.8 Å². The summed E-state index contributed by atoms with van der Waals surface area (Å²) in [6.45, 7) is 9.23. The molecule has 37 heavy (non-hydrogen) atoms. The van der Waals surface area contributed by atoms with E-state index in [4.69, 9.17) is 9.47 Å². The Morgan fingerprint density at radius 1 is 1.16 bits per heavy atom. The molecule has 2 unspecified atom stereocenters. The summed E-state index contributed by atoms with van der Waals surface area (Å²) < 4.78 is 10.3. The summed E-state index contributed by atoms with van der Waals surface area (Å²) in [5.41, 5.74) is -0.347. The van der Waals surface area contributed by atoms with Crippen molar-refractivity contribution in [2.75, 3.05) is 31.7 Å². The quantitative estimate of drug-likeness (QED) is 0.306. The van der Waals surface area contributed by atoms with Gasteiger partial charge in [-0.05, 0) is 70.2 Å². The Balaban J connectivity index is 3.31. The van der Waals surface area contributed by atoms with Crippen LogP contribution in [0.15, 0.2) is 24.3 Å². The zero-order chi connectivity index (χ0) is 28.0. The smallest absolute Gasteiger partial charge is 0.408 e. The maximum absolute atomic E-state index is 13.8. The highest BCUT2D eigenvalue weighted by molar-refractivity contribution is 7.98. The predicted octanol–water partition coefficient (Wildman–Crippen LogP) is 3.39. The Morgan fingerprint density at radius 3 is 2.43 bits per heavy atom. The first-order valence-electron chi connectivity index (χ1n) is 12.4. The van der Waals surface area contributed by atoms with Crippen molar-refractivity contribution in [2.45, 2.75) is 71.6 Å². The number of alkyl carbamates (subject to hydrolysis) is 1. The fourth-order valence-corrected chi connectivity index (χ4v) is 4.01. The minimum Gasteiger partial charge on any atom is -0.508 e. The van der Waals surface area contributed by atoms with E-state index in [-0.39, 0.29) is 31.9 Å². The summed E-state index contributed by atoms with van der Waals surface area (Å²) in [6.07, 6.45) is 2.02. The molecule has 0 saturated heterocycles. The number of carbonyl (C=O) groups is 4. The lowest BCUT2D eigenvalue weighted by Crippen LogP contribution is -2.53. The van der Waals surface area contributed by atoms with Crippen molar-refractivity contribution in [1.29, 1.82) is 0 Å². The Labute approximate surface area is 223 Å². The number of nitrogens with one attached hydrogen (secondary N) is 2. The Kier molecular flexibility index (Phi) is 13.9. The van der Waals surface area contributed by atoms with E-state index in [1.807, 2.05) is 13.2 Å². The molecule has 0 heterocycles. The fraction of sp³-hybridized carbons (Fsp3) is 0.615. The molecule has 0 saturated carbocycles. The van der Waals surface area contributed by atoms with Crippen molar-refractivity contribution >= 4 is 35.6 Å². The van der Waals surface area contributed by atoms with Crippen molar-refractivity contribution in [2.24, 2.45) is 0 Å². The van der Waals surface area contributed by atoms with Gasteiger partial charge in [0.05, 0.1) is 13.0 Å². The minimum absolute atomic E-state index is 0.0210. The summed E-state index contributed by atoms with van der Waals surface area (Å²) in [5.74, 6) is -0.879. The number of phenols is 1. The molecular formula is C26H41N3O7S. The third-order valence-electron chi connectivity index (χ3n) is 5.03. The number of ether oxygens (including phenoxy) is 2. The molecule has 1 aromatic rings. The topological polar surface area (TPSA) is 134 Å². The van der Waals surface area contributed by atoms with Crippen LogP contribution in [0.3, 0.4) is 0 Å². The van der Waals surface area contributed by atoms with E-state index in [9.17, 15) is 24.3 Å². The fourth-order valence-electron chi connectivity index (χ4n) is 3.54. The standard InChI is InChI=1S/C26H41N3O7S/c1-7-15-29(24(33)20(13-16-37-6)28-25(34)36-26(3,4)5)22(18-10-9-11-19(30)17-18)23(32)27-14-12-21(31)35-8-2/h9-11,17,20,22,30H,7-8,12-16H2,1-6H3,(H,27,32)(H,28,34). The van der Waals surface area contributed by atoms with Gasteiger partial charge in [0, 0.05) is 13.1 Å². The first-order chi connectivity index (χ1) is 17.4. The average Bonchev–Trinajstić information content (AvgIpc) is 2.80. The SMILES string of the molecule is CCCN(C(=O)C(CCSC)NC(=O)OC(C)(C)C)C(C(=O)NCCC(=O)OCC)c1cccc(O)c1. The highest BCUT2D eigenvalue weighted by Crippen LogP contribution is 2.26. The molecule has 0 spiro atoms. The van der Waals surface area contributed by atoms with Crippen LogP contribution in [0, 0.1) is 0 Å². The zero-order valence-corrected chi connectivity index (χ0v) is 23.5. The number of benzene rings is 1. The number of carbonyl (C=O) groups excluding carboxylic acids is 4. The van der Waals surface area contributed by atoms with E-state index < -0.39 is 41.6 Å². The second-order valence-electron chi connectivity index (χ2n) is 9.36. The molecule has 0 aromatic heterocycles. The monoisotopic (exact) mass is 539 g/mol. The number of hydrogen-bond acceptors (Lipinski definition) is 8. The minimum atomic E-state index is -1.10. The van der Waals surface area contributed by atoms with Crippen LogP contribution in [-0.4, -0.2) is 77.2 Å². The van der Waals surface area contributed by atoms with Gasteiger partial charge in [0.1, 0.15) is 23.4 Å². The second-order valence-corrected chi connectivity index (χ2v) is 10.3. The first kappa shape index (κ1) is 32.1. The molecule has 11 heteroatoms. The summed E-state index contributed by atoms with van der Waals surface area (Å²) in [6, 6.07) is 4.09. The van der Waals surface area contributed by atoms with Crippen molar-refractivity contribution in [3.63, 3.8) is 0 Å². The third kappa shape index (κ3) is 11.8. The number of aromatic hydroxyl groups is 1. The number of nitrogens with zero attached hydrogens (tertiary/aromatic N) is 1. The Morgan fingerprint density at radius 2 is 1.86 bits per heavy atom. The molecule has 10 nitrogen and oxygen atoms in total.